The van der Waals surface area contributed by atoms with Gasteiger partial charge in [0.1, 0.15) is 0 Å². The molecule has 1 saturated heterocycles. The molecule has 0 aromatic heterocycles. The molecule has 1 aliphatic carbocycles. The molecule has 1 N–H and O–H groups in total. The molecule has 2 aliphatic rings. The molecule has 0 spiro atoms. The molecule has 2 unspecified atom stereocenters. The zero-order valence-corrected chi connectivity index (χ0v) is 12.6. The summed E-state index contributed by atoms with van der Waals surface area (Å²) in [7, 11) is 0. The van der Waals surface area contributed by atoms with Gasteiger partial charge in [-0.2, -0.15) is 13.2 Å². The zero-order chi connectivity index (χ0) is 14.8. The molecule has 1 heterocycles. The summed E-state index contributed by atoms with van der Waals surface area (Å²) in [5.74, 6) is 0.670. The van der Waals surface area contributed by atoms with Gasteiger partial charge in [0.15, 0.2) is 0 Å². The van der Waals surface area contributed by atoms with Crippen molar-refractivity contribution in [2.24, 2.45) is 5.92 Å². The lowest BCUT2D eigenvalue weighted by Gasteiger charge is -2.49. The Morgan fingerprint density at radius 3 is 2.55 bits per heavy atom. The predicted molar refractivity (Wildman–Crippen MR) is 74.7 cm³/mol. The zero-order valence-electron chi connectivity index (χ0n) is 12.6. The van der Waals surface area contributed by atoms with Crippen LogP contribution in [0.25, 0.3) is 0 Å². The normalized spacial score (nSPS) is 32.5. The lowest BCUT2D eigenvalue weighted by molar-refractivity contribution is -0.137. The second-order valence-corrected chi connectivity index (χ2v) is 6.66. The number of nitrogens with one attached hydrogen (secondary N) is 1. The molecule has 5 heteroatoms. The van der Waals surface area contributed by atoms with Gasteiger partial charge in [0.05, 0.1) is 0 Å². The van der Waals surface area contributed by atoms with E-state index in [0.29, 0.717) is 18.5 Å². The number of hydrogen-bond donors (Lipinski definition) is 1. The van der Waals surface area contributed by atoms with Crippen LogP contribution in [0.2, 0.25) is 0 Å². The Morgan fingerprint density at radius 1 is 1.30 bits per heavy atom. The van der Waals surface area contributed by atoms with Gasteiger partial charge in [0, 0.05) is 31.1 Å². The largest absolute Gasteiger partial charge is 0.389 e. The van der Waals surface area contributed by atoms with Gasteiger partial charge in [-0.05, 0) is 45.1 Å². The van der Waals surface area contributed by atoms with Crippen molar-refractivity contribution in [1.82, 2.24) is 10.2 Å². The monoisotopic (exact) mass is 292 g/mol. The fourth-order valence-corrected chi connectivity index (χ4v) is 3.47. The highest BCUT2D eigenvalue weighted by molar-refractivity contribution is 5.04. The van der Waals surface area contributed by atoms with Gasteiger partial charge in [0.2, 0.25) is 0 Å². The van der Waals surface area contributed by atoms with E-state index in [1.165, 1.54) is 12.8 Å². The third-order valence-electron chi connectivity index (χ3n) is 4.89. The van der Waals surface area contributed by atoms with Crippen LogP contribution in [0.4, 0.5) is 13.2 Å². The van der Waals surface area contributed by atoms with E-state index in [9.17, 15) is 13.2 Å². The molecule has 0 aromatic rings. The minimum Gasteiger partial charge on any atom is -0.311 e. The first kappa shape index (κ1) is 16.1. The number of halogens is 3. The van der Waals surface area contributed by atoms with Gasteiger partial charge in [-0.25, -0.2) is 0 Å². The van der Waals surface area contributed by atoms with Gasteiger partial charge in [-0.3, -0.25) is 4.90 Å². The van der Waals surface area contributed by atoms with Crippen molar-refractivity contribution in [3.63, 3.8) is 0 Å². The van der Waals surface area contributed by atoms with Crippen molar-refractivity contribution in [1.29, 1.82) is 0 Å². The van der Waals surface area contributed by atoms with Crippen molar-refractivity contribution < 1.29 is 13.2 Å². The fraction of sp³-hybridized carbons (Fsp3) is 1.00. The third-order valence-corrected chi connectivity index (χ3v) is 4.89. The summed E-state index contributed by atoms with van der Waals surface area (Å²) in [4.78, 5) is 2.34. The Hall–Kier alpha value is -0.290. The summed E-state index contributed by atoms with van der Waals surface area (Å²) in [6.45, 7) is 6.79. The smallest absolute Gasteiger partial charge is 0.311 e. The first-order valence-electron chi connectivity index (χ1n) is 7.90. The average Bonchev–Trinajstić information content (AvgIpc) is 3.16. The van der Waals surface area contributed by atoms with Gasteiger partial charge < -0.3 is 5.32 Å². The predicted octanol–water partition coefficient (Wildman–Crippen LogP) is 3.57. The molecule has 118 valence electrons. The van der Waals surface area contributed by atoms with Crippen molar-refractivity contribution in [3.05, 3.63) is 0 Å². The molecule has 0 bridgehead atoms. The highest BCUT2D eigenvalue weighted by Gasteiger charge is 2.48. The van der Waals surface area contributed by atoms with E-state index in [1.807, 2.05) is 0 Å². The van der Waals surface area contributed by atoms with Crippen LogP contribution in [0.3, 0.4) is 0 Å². The Morgan fingerprint density at radius 2 is 2.00 bits per heavy atom. The maximum Gasteiger partial charge on any atom is 0.389 e. The van der Waals surface area contributed by atoms with Crippen molar-refractivity contribution in [2.45, 2.75) is 70.1 Å². The highest BCUT2D eigenvalue weighted by Crippen LogP contribution is 2.44. The van der Waals surface area contributed by atoms with Gasteiger partial charge in [-0.15, -0.1) is 0 Å². The lowest BCUT2D eigenvalue weighted by atomic mass is 9.88. The minimum absolute atomic E-state index is 0.0653. The third kappa shape index (κ3) is 4.10. The van der Waals surface area contributed by atoms with E-state index < -0.39 is 12.6 Å². The topological polar surface area (TPSA) is 15.3 Å². The minimum atomic E-state index is -4.02. The molecule has 2 fully saturated rings. The Bertz CT molecular complexity index is 315. The van der Waals surface area contributed by atoms with E-state index in [2.05, 4.69) is 24.1 Å². The molecule has 0 radical (unpaired) electrons. The Kier molecular flexibility index (Phi) is 5.00. The van der Waals surface area contributed by atoms with Crippen LogP contribution in [0.15, 0.2) is 0 Å². The molecule has 1 aliphatic heterocycles. The number of alkyl halides is 3. The molecule has 0 aromatic carbocycles. The summed E-state index contributed by atoms with van der Waals surface area (Å²) in [5.41, 5.74) is 0.0653. The first-order valence-corrected chi connectivity index (χ1v) is 7.90. The molecule has 20 heavy (non-hydrogen) atoms. The molecular formula is C15H27F3N2. The maximum absolute atomic E-state index is 12.3. The SMILES string of the molecule is CCCC1CN(CCCC(F)(F)F)C(C)(C2CC2)CN1. The van der Waals surface area contributed by atoms with Crippen LogP contribution in [0, 0.1) is 5.92 Å². The van der Waals surface area contributed by atoms with Crippen LogP contribution >= 0.6 is 0 Å². The Balaban J connectivity index is 1.91. The number of piperazine rings is 1. The second kappa shape index (κ2) is 6.22. The van der Waals surface area contributed by atoms with Crippen molar-refractivity contribution in [2.75, 3.05) is 19.6 Å². The molecule has 2 rings (SSSR count). The molecule has 2 nitrogen and oxygen atoms in total. The Labute approximate surface area is 120 Å². The quantitative estimate of drug-likeness (QED) is 0.805. The van der Waals surface area contributed by atoms with Crippen LogP contribution in [-0.2, 0) is 0 Å². The lowest BCUT2D eigenvalue weighted by Crippen LogP contribution is -2.64. The van der Waals surface area contributed by atoms with Gasteiger partial charge >= 0.3 is 6.18 Å². The van der Waals surface area contributed by atoms with Gasteiger partial charge in [0.25, 0.3) is 0 Å². The van der Waals surface area contributed by atoms with E-state index in [4.69, 9.17) is 0 Å². The fourth-order valence-electron chi connectivity index (χ4n) is 3.47. The summed E-state index contributed by atoms with van der Waals surface area (Å²) in [5, 5.41) is 3.60. The van der Waals surface area contributed by atoms with Gasteiger partial charge in [-0.1, -0.05) is 13.3 Å². The van der Waals surface area contributed by atoms with E-state index in [-0.39, 0.29) is 12.0 Å². The standard InChI is InChI=1S/C15H27F3N2/c1-3-5-13-10-20(9-4-8-15(16,17)18)14(2,11-19-13)12-6-7-12/h12-13,19H,3-11H2,1-2H3. The molecule has 2 atom stereocenters. The molecule has 1 saturated carbocycles. The van der Waals surface area contributed by atoms with Crippen LogP contribution in [-0.4, -0.2) is 42.3 Å². The first-order chi connectivity index (χ1) is 9.35. The summed E-state index contributed by atoms with van der Waals surface area (Å²) < 4.78 is 37.0. The van der Waals surface area contributed by atoms with E-state index >= 15 is 0 Å². The maximum atomic E-state index is 12.3. The number of nitrogens with zero attached hydrogens (tertiary/aromatic N) is 1. The van der Waals surface area contributed by atoms with E-state index in [0.717, 1.165) is 25.9 Å². The molecule has 0 amide bonds. The van der Waals surface area contributed by atoms with Crippen molar-refractivity contribution in [3.8, 4) is 0 Å². The highest BCUT2D eigenvalue weighted by atomic mass is 19.4. The van der Waals surface area contributed by atoms with Crippen LogP contribution in [0.1, 0.15) is 52.4 Å². The number of hydrogen-bond acceptors (Lipinski definition) is 2. The summed E-state index contributed by atoms with van der Waals surface area (Å²) in [6, 6.07) is 0.442. The average molecular weight is 292 g/mol. The molecular weight excluding hydrogens is 265 g/mol. The van der Waals surface area contributed by atoms with Crippen LogP contribution < -0.4 is 5.32 Å². The number of rotatable bonds is 6. The summed E-state index contributed by atoms with van der Waals surface area (Å²) in [6.07, 6.45) is 0.233. The van der Waals surface area contributed by atoms with Crippen molar-refractivity contribution >= 4 is 0 Å². The van der Waals surface area contributed by atoms with Crippen LogP contribution in [0.5, 0.6) is 0 Å². The van der Waals surface area contributed by atoms with E-state index in [1.54, 1.807) is 0 Å². The second-order valence-electron chi connectivity index (χ2n) is 6.66. The summed E-state index contributed by atoms with van der Waals surface area (Å²) >= 11 is 0.